The molecule has 2 aliphatic heterocycles. The van der Waals surface area contributed by atoms with Crippen molar-refractivity contribution in [3.05, 3.63) is 24.4 Å². The molecule has 0 aromatic carbocycles. The lowest BCUT2D eigenvalue weighted by atomic mass is 10.2. The molecule has 2 heterocycles. The highest BCUT2D eigenvalue weighted by Crippen LogP contribution is 2.06. The Bertz CT molecular complexity index is 214. The van der Waals surface area contributed by atoms with Crippen LogP contribution < -0.4 is 5.32 Å². The molecule has 1 radical (unpaired) electrons. The highest BCUT2D eigenvalue weighted by atomic mass is 15.3. The van der Waals surface area contributed by atoms with Crippen molar-refractivity contribution < 1.29 is 0 Å². The molecular formula is C10H16N3. The molecule has 0 aliphatic carbocycles. The molecule has 71 valence electrons. The molecule has 13 heavy (non-hydrogen) atoms. The van der Waals surface area contributed by atoms with Crippen molar-refractivity contribution >= 4 is 0 Å². The molecule has 0 saturated carbocycles. The average molecular weight is 178 g/mol. The van der Waals surface area contributed by atoms with E-state index in [0.29, 0.717) is 6.17 Å². The topological polar surface area (TPSA) is 18.5 Å². The average Bonchev–Trinajstić information content (AvgIpc) is 2.20. The molecule has 0 aromatic heterocycles. The van der Waals surface area contributed by atoms with Gasteiger partial charge in [-0.3, -0.25) is 4.90 Å². The fourth-order valence-corrected chi connectivity index (χ4v) is 1.71. The summed E-state index contributed by atoms with van der Waals surface area (Å²) in [4.78, 5) is 4.82. The third-order valence-electron chi connectivity index (χ3n) is 2.64. The number of nitrogens with one attached hydrogen (secondary N) is 1. The molecule has 3 heteroatoms. The lowest BCUT2D eigenvalue weighted by Crippen LogP contribution is -2.52. The van der Waals surface area contributed by atoms with Gasteiger partial charge in [0, 0.05) is 32.4 Å². The Kier molecular flexibility index (Phi) is 2.66. The molecule has 0 bridgehead atoms. The van der Waals surface area contributed by atoms with Crippen LogP contribution in [0.15, 0.2) is 18.4 Å². The van der Waals surface area contributed by atoms with Crippen LogP contribution in [0.3, 0.4) is 0 Å². The van der Waals surface area contributed by atoms with Gasteiger partial charge in [-0.05, 0) is 19.2 Å². The van der Waals surface area contributed by atoms with Gasteiger partial charge in [-0.25, -0.2) is 0 Å². The summed E-state index contributed by atoms with van der Waals surface area (Å²) in [5.41, 5.74) is 0. The molecule has 3 nitrogen and oxygen atoms in total. The maximum absolute atomic E-state index is 3.29. The van der Waals surface area contributed by atoms with E-state index in [-0.39, 0.29) is 0 Å². The molecule has 0 aromatic rings. The van der Waals surface area contributed by atoms with Crippen LogP contribution in [-0.2, 0) is 0 Å². The normalized spacial score (nSPS) is 30.4. The molecule has 1 fully saturated rings. The number of hydrogen-bond acceptors (Lipinski definition) is 3. The van der Waals surface area contributed by atoms with E-state index in [4.69, 9.17) is 0 Å². The molecule has 1 N–H and O–H groups in total. The number of rotatable bonds is 1. The molecule has 2 aliphatic rings. The zero-order chi connectivity index (χ0) is 9.10. The van der Waals surface area contributed by atoms with E-state index in [1.807, 2.05) is 12.3 Å². The quantitative estimate of drug-likeness (QED) is 0.611. The van der Waals surface area contributed by atoms with Crippen molar-refractivity contribution in [3.63, 3.8) is 0 Å². The summed E-state index contributed by atoms with van der Waals surface area (Å²) < 4.78 is 0. The Morgan fingerprint density at radius 1 is 1.31 bits per heavy atom. The number of hydrogen-bond donors (Lipinski definition) is 1. The first kappa shape index (κ1) is 8.78. The van der Waals surface area contributed by atoms with Crippen molar-refractivity contribution in [2.75, 3.05) is 33.2 Å². The highest BCUT2D eigenvalue weighted by molar-refractivity contribution is 5.07. The van der Waals surface area contributed by atoms with Crippen LogP contribution in [0.5, 0.6) is 0 Å². The standard InChI is InChI=1S/C10H16N3/c1-12-6-8-13(9-7-12)10-4-2-3-5-11-10/h2,4-5,10-11H,6-9H2,1H3. The maximum atomic E-state index is 3.29. The Labute approximate surface area is 79.7 Å². The maximum Gasteiger partial charge on any atom is 0.0986 e. The monoisotopic (exact) mass is 178 g/mol. The lowest BCUT2D eigenvalue weighted by Gasteiger charge is -2.37. The second-order valence-electron chi connectivity index (χ2n) is 3.62. The summed E-state index contributed by atoms with van der Waals surface area (Å²) in [6.45, 7) is 4.62. The molecule has 1 unspecified atom stereocenters. The molecular weight excluding hydrogens is 162 g/mol. The summed E-state index contributed by atoms with van der Waals surface area (Å²) in [6, 6.07) is 0. The van der Waals surface area contributed by atoms with E-state index in [1.165, 1.54) is 13.1 Å². The van der Waals surface area contributed by atoms with Crippen molar-refractivity contribution in [2.45, 2.75) is 6.17 Å². The molecule has 1 saturated heterocycles. The third kappa shape index (κ3) is 2.11. The van der Waals surface area contributed by atoms with E-state index in [9.17, 15) is 0 Å². The van der Waals surface area contributed by atoms with Crippen LogP contribution in [-0.4, -0.2) is 49.2 Å². The highest BCUT2D eigenvalue weighted by Gasteiger charge is 2.19. The SMILES string of the molecule is CN1CCN(C2C=C[C]=CN2)CC1. The second kappa shape index (κ2) is 3.94. The summed E-state index contributed by atoms with van der Waals surface area (Å²) in [5, 5.41) is 3.29. The first-order valence-electron chi connectivity index (χ1n) is 4.79. The van der Waals surface area contributed by atoms with Crippen LogP contribution in [0, 0.1) is 6.08 Å². The van der Waals surface area contributed by atoms with Gasteiger partial charge in [-0.15, -0.1) is 0 Å². The van der Waals surface area contributed by atoms with Gasteiger partial charge >= 0.3 is 0 Å². The van der Waals surface area contributed by atoms with Crippen LogP contribution in [0.25, 0.3) is 0 Å². The minimum atomic E-state index is 0.384. The minimum Gasteiger partial charge on any atom is -0.372 e. The van der Waals surface area contributed by atoms with Crippen molar-refractivity contribution in [3.8, 4) is 0 Å². The number of likely N-dealkylation sites (N-methyl/N-ethyl adjacent to an activating group) is 1. The first-order valence-corrected chi connectivity index (χ1v) is 4.79. The van der Waals surface area contributed by atoms with Gasteiger partial charge < -0.3 is 10.2 Å². The third-order valence-corrected chi connectivity index (χ3v) is 2.64. The minimum absolute atomic E-state index is 0.384. The van der Waals surface area contributed by atoms with Crippen molar-refractivity contribution in [1.29, 1.82) is 0 Å². The Balaban J connectivity index is 1.87. The zero-order valence-electron chi connectivity index (χ0n) is 8.03. The van der Waals surface area contributed by atoms with Gasteiger partial charge in [0.05, 0.1) is 6.17 Å². The van der Waals surface area contributed by atoms with Gasteiger partial charge in [0.25, 0.3) is 0 Å². The van der Waals surface area contributed by atoms with Crippen LogP contribution in [0.2, 0.25) is 0 Å². The second-order valence-corrected chi connectivity index (χ2v) is 3.62. The Morgan fingerprint density at radius 3 is 2.69 bits per heavy atom. The number of allylic oxidation sites excluding steroid dienone is 2. The van der Waals surface area contributed by atoms with Crippen LogP contribution >= 0.6 is 0 Å². The van der Waals surface area contributed by atoms with E-state index in [0.717, 1.165) is 13.1 Å². The van der Waals surface area contributed by atoms with E-state index < -0.39 is 0 Å². The predicted molar refractivity (Wildman–Crippen MR) is 52.9 cm³/mol. The van der Waals surface area contributed by atoms with Crippen LogP contribution in [0.1, 0.15) is 0 Å². The first-order chi connectivity index (χ1) is 6.36. The predicted octanol–water partition coefficient (Wildman–Crippen LogP) is 0.0362. The summed E-state index contributed by atoms with van der Waals surface area (Å²) in [6.07, 6.45) is 9.43. The van der Waals surface area contributed by atoms with E-state index in [1.54, 1.807) is 0 Å². The summed E-state index contributed by atoms with van der Waals surface area (Å²) in [5.74, 6) is 0. The fourth-order valence-electron chi connectivity index (χ4n) is 1.71. The van der Waals surface area contributed by atoms with Crippen molar-refractivity contribution in [1.82, 2.24) is 15.1 Å². The molecule has 1 atom stereocenters. The molecule has 0 spiro atoms. The number of piperazine rings is 1. The lowest BCUT2D eigenvalue weighted by molar-refractivity contribution is 0.121. The zero-order valence-corrected chi connectivity index (χ0v) is 8.03. The van der Waals surface area contributed by atoms with E-state index >= 15 is 0 Å². The smallest absolute Gasteiger partial charge is 0.0986 e. The van der Waals surface area contributed by atoms with Gasteiger partial charge in [0.2, 0.25) is 0 Å². The van der Waals surface area contributed by atoms with Crippen LogP contribution in [0.4, 0.5) is 0 Å². The molecule has 0 amide bonds. The van der Waals surface area contributed by atoms with Gasteiger partial charge in [0.1, 0.15) is 0 Å². The summed E-state index contributed by atoms with van der Waals surface area (Å²) >= 11 is 0. The molecule has 2 rings (SSSR count). The Hall–Kier alpha value is -0.800. The van der Waals surface area contributed by atoms with E-state index in [2.05, 4.69) is 34.3 Å². The largest absolute Gasteiger partial charge is 0.372 e. The Morgan fingerprint density at radius 2 is 2.08 bits per heavy atom. The summed E-state index contributed by atoms with van der Waals surface area (Å²) in [7, 11) is 2.18. The van der Waals surface area contributed by atoms with Gasteiger partial charge in [-0.1, -0.05) is 6.08 Å². The van der Waals surface area contributed by atoms with Gasteiger partial charge in [0.15, 0.2) is 0 Å². The fraction of sp³-hybridized carbons (Fsp3) is 0.600. The number of nitrogens with zero attached hydrogens (tertiary/aromatic N) is 2. The van der Waals surface area contributed by atoms with Crippen molar-refractivity contribution in [2.24, 2.45) is 0 Å². The number of dihydropyridines is 1. The van der Waals surface area contributed by atoms with Gasteiger partial charge in [-0.2, -0.15) is 0 Å².